The first-order valence-electron chi connectivity index (χ1n) is 5.92. The number of carbonyl (C=O) groups is 2. The number of benzene rings is 1. The van der Waals surface area contributed by atoms with Crippen molar-refractivity contribution >= 4 is 29.2 Å². The molecule has 0 fully saturated rings. The number of nitrogens with zero attached hydrogens (tertiary/aromatic N) is 1. The van der Waals surface area contributed by atoms with Crippen LogP contribution in [0.2, 0.25) is 5.02 Å². The standard InChI is InChI=1S/C14H11ClN2O4/c15-10-3-1-2-4-11(10)17-13(18)8-21-12-7-16-6-5-9(12)14(19)20/h1-7H,8H2,(H,17,18)(H,19,20). The van der Waals surface area contributed by atoms with Gasteiger partial charge in [0.25, 0.3) is 5.91 Å². The molecule has 0 atom stereocenters. The molecule has 0 unspecified atom stereocenters. The number of carboxylic acids is 1. The lowest BCUT2D eigenvalue weighted by Gasteiger charge is -2.09. The smallest absolute Gasteiger partial charge is 0.339 e. The number of hydrogen-bond acceptors (Lipinski definition) is 4. The number of carbonyl (C=O) groups excluding carboxylic acids is 1. The van der Waals surface area contributed by atoms with Gasteiger partial charge in [0.05, 0.1) is 16.9 Å². The summed E-state index contributed by atoms with van der Waals surface area (Å²) in [4.78, 5) is 26.5. The van der Waals surface area contributed by atoms with Crippen molar-refractivity contribution in [3.63, 3.8) is 0 Å². The van der Waals surface area contributed by atoms with E-state index in [2.05, 4.69) is 10.3 Å². The number of ether oxygens (including phenoxy) is 1. The molecule has 0 saturated heterocycles. The van der Waals surface area contributed by atoms with Crippen LogP contribution >= 0.6 is 11.6 Å². The Balaban J connectivity index is 1.99. The number of anilines is 1. The largest absolute Gasteiger partial charge is 0.481 e. The third kappa shape index (κ3) is 3.93. The highest BCUT2D eigenvalue weighted by atomic mass is 35.5. The molecule has 1 aromatic heterocycles. The fraction of sp³-hybridized carbons (Fsp3) is 0.0714. The second kappa shape index (κ2) is 6.71. The SMILES string of the molecule is O=C(COc1cnccc1C(=O)O)Nc1ccccc1Cl. The highest BCUT2D eigenvalue weighted by molar-refractivity contribution is 6.33. The van der Waals surface area contributed by atoms with E-state index >= 15 is 0 Å². The normalized spacial score (nSPS) is 9.95. The number of amides is 1. The molecule has 0 saturated carbocycles. The number of aromatic nitrogens is 1. The van der Waals surface area contributed by atoms with Crippen molar-refractivity contribution in [3.8, 4) is 5.75 Å². The molecule has 6 nitrogen and oxygen atoms in total. The molecule has 2 aromatic rings. The lowest BCUT2D eigenvalue weighted by atomic mass is 10.2. The van der Waals surface area contributed by atoms with Crippen LogP contribution in [0.3, 0.4) is 0 Å². The quantitative estimate of drug-likeness (QED) is 0.885. The molecule has 21 heavy (non-hydrogen) atoms. The molecule has 1 amide bonds. The second-order valence-corrected chi connectivity index (χ2v) is 4.40. The zero-order valence-electron chi connectivity index (χ0n) is 10.7. The van der Waals surface area contributed by atoms with Crippen LogP contribution in [0.25, 0.3) is 0 Å². The van der Waals surface area contributed by atoms with Crippen LogP contribution in [-0.4, -0.2) is 28.6 Å². The first kappa shape index (κ1) is 14.8. The highest BCUT2D eigenvalue weighted by Crippen LogP contribution is 2.20. The van der Waals surface area contributed by atoms with Crippen molar-refractivity contribution in [1.29, 1.82) is 0 Å². The maximum atomic E-state index is 11.8. The topological polar surface area (TPSA) is 88.5 Å². The summed E-state index contributed by atoms with van der Waals surface area (Å²) in [7, 11) is 0. The monoisotopic (exact) mass is 306 g/mol. The van der Waals surface area contributed by atoms with Crippen LogP contribution in [0.1, 0.15) is 10.4 Å². The van der Waals surface area contributed by atoms with E-state index in [4.69, 9.17) is 21.4 Å². The molecule has 2 N–H and O–H groups in total. The van der Waals surface area contributed by atoms with E-state index in [1.807, 2.05) is 0 Å². The predicted molar refractivity (Wildman–Crippen MR) is 76.8 cm³/mol. The fourth-order valence-corrected chi connectivity index (χ4v) is 1.75. The minimum Gasteiger partial charge on any atom is -0.481 e. The van der Waals surface area contributed by atoms with Gasteiger partial charge in [-0.3, -0.25) is 9.78 Å². The Morgan fingerprint density at radius 1 is 1.29 bits per heavy atom. The Labute approximate surface area is 125 Å². The zero-order chi connectivity index (χ0) is 15.2. The van der Waals surface area contributed by atoms with Gasteiger partial charge in [-0.1, -0.05) is 23.7 Å². The minimum absolute atomic E-state index is 0.0271. The first-order chi connectivity index (χ1) is 10.1. The van der Waals surface area contributed by atoms with Gasteiger partial charge in [0.15, 0.2) is 12.4 Å². The average Bonchev–Trinajstić information content (AvgIpc) is 2.48. The summed E-state index contributed by atoms with van der Waals surface area (Å²) in [6.45, 7) is -0.350. The van der Waals surface area contributed by atoms with Crippen LogP contribution in [0.15, 0.2) is 42.7 Å². The van der Waals surface area contributed by atoms with Crippen molar-refractivity contribution in [2.24, 2.45) is 0 Å². The Kier molecular flexibility index (Phi) is 4.73. The van der Waals surface area contributed by atoms with Gasteiger partial charge in [0.2, 0.25) is 0 Å². The summed E-state index contributed by atoms with van der Waals surface area (Å²) >= 11 is 5.91. The molecular weight excluding hydrogens is 296 g/mol. The molecule has 108 valence electrons. The van der Waals surface area contributed by atoms with Crippen molar-refractivity contribution in [1.82, 2.24) is 4.98 Å². The van der Waals surface area contributed by atoms with Gasteiger partial charge in [0.1, 0.15) is 5.56 Å². The lowest BCUT2D eigenvalue weighted by molar-refractivity contribution is -0.118. The van der Waals surface area contributed by atoms with Gasteiger partial charge in [-0.15, -0.1) is 0 Å². The molecule has 0 radical (unpaired) electrons. The maximum Gasteiger partial charge on any atom is 0.339 e. The number of carboxylic acid groups (broad SMARTS) is 1. The number of hydrogen-bond donors (Lipinski definition) is 2. The summed E-state index contributed by atoms with van der Waals surface area (Å²) < 4.78 is 5.17. The number of para-hydroxylation sites is 1. The Morgan fingerprint density at radius 3 is 2.76 bits per heavy atom. The summed E-state index contributed by atoms with van der Waals surface area (Å²) in [5.41, 5.74) is 0.396. The van der Waals surface area contributed by atoms with Gasteiger partial charge in [0, 0.05) is 6.20 Å². The molecule has 1 aromatic carbocycles. The Hall–Kier alpha value is -2.60. The van der Waals surface area contributed by atoms with Crippen molar-refractivity contribution < 1.29 is 19.4 Å². The van der Waals surface area contributed by atoms with Crippen molar-refractivity contribution in [2.75, 3.05) is 11.9 Å². The molecule has 0 bridgehead atoms. The Morgan fingerprint density at radius 2 is 2.05 bits per heavy atom. The van der Waals surface area contributed by atoms with E-state index in [0.717, 1.165) is 0 Å². The second-order valence-electron chi connectivity index (χ2n) is 3.99. The summed E-state index contributed by atoms with van der Waals surface area (Å²) in [6.07, 6.45) is 2.58. The van der Waals surface area contributed by atoms with E-state index in [-0.39, 0.29) is 17.9 Å². The minimum atomic E-state index is -1.15. The molecular formula is C14H11ClN2O4. The van der Waals surface area contributed by atoms with Gasteiger partial charge in [-0.25, -0.2) is 4.79 Å². The third-order valence-electron chi connectivity index (χ3n) is 2.52. The van der Waals surface area contributed by atoms with E-state index < -0.39 is 11.9 Å². The number of pyridine rings is 1. The molecule has 1 heterocycles. The highest BCUT2D eigenvalue weighted by Gasteiger charge is 2.13. The Bertz CT molecular complexity index is 676. The predicted octanol–water partition coefficient (Wildman–Crippen LogP) is 2.45. The fourth-order valence-electron chi connectivity index (χ4n) is 1.56. The molecule has 2 rings (SSSR count). The number of rotatable bonds is 5. The van der Waals surface area contributed by atoms with Crippen LogP contribution in [0.5, 0.6) is 5.75 Å². The van der Waals surface area contributed by atoms with Gasteiger partial charge in [-0.05, 0) is 18.2 Å². The van der Waals surface area contributed by atoms with E-state index in [9.17, 15) is 9.59 Å². The zero-order valence-corrected chi connectivity index (χ0v) is 11.5. The number of aromatic carboxylic acids is 1. The van der Waals surface area contributed by atoms with E-state index in [0.29, 0.717) is 10.7 Å². The number of nitrogens with one attached hydrogen (secondary N) is 1. The summed E-state index contributed by atoms with van der Waals surface area (Å²) in [6, 6.07) is 8.05. The molecule has 0 aliphatic rings. The summed E-state index contributed by atoms with van der Waals surface area (Å²) in [5, 5.41) is 11.9. The first-order valence-corrected chi connectivity index (χ1v) is 6.30. The van der Waals surface area contributed by atoms with Crippen molar-refractivity contribution in [2.45, 2.75) is 0 Å². The molecule has 0 spiro atoms. The van der Waals surface area contributed by atoms with Crippen LogP contribution < -0.4 is 10.1 Å². The van der Waals surface area contributed by atoms with Gasteiger partial charge in [-0.2, -0.15) is 0 Å². The molecule has 7 heteroatoms. The van der Waals surface area contributed by atoms with Gasteiger partial charge >= 0.3 is 5.97 Å². The third-order valence-corrected chi connectivity index (χ3v) is 2.85. The van der Waals surface area contributed by atoms with Crippen LogP contribution in [0, 0.1) is 0 Å². The van der Waals surface area contributed by atoms with E-state index in [1.165, 1.54) is 18.5 Å². The van der Waals surface area contributed by atoms with Crippen LogP contribution in [-0.2, 0) is 4.79 Å². The van der Waals surface area contributed by atoms with Crippen LogP contribution in [0.4, 0.5) is 5.69 Å². The van der Waals surface area contributed by atoms with Gasteiger partial charge < -0.3 is 15.2 Å². The van der Waals surface area contributed by atoms with E-state index in [1.54, 1.807) is 24.3 Å². The van der Waals surface area contributed by atoms with Crippen molar-refractivity contribution in [3.05, 3.63) is 53.3 Å². The molecule has 0 aliphatic carbocycles. The summed E-state index contributed by atoms with van der Waals surface area (Å²) in [5.74, 6) is -1.58. The number of halogens is 1. The average molecular weight is 307 g/mol. The molecule has 0 aliphatic heterocycles. The lowest BCUT2D eigenvalue weighted by Crippen LogP contribution is -2.21. The maximum absolute atomic E-state index is 11.8.